The number of ether oxygens (including phenoxy) is 1. The van der Waals surface area contributed by atoms with Gasteiger partial charge in [0.1, 0.15) is 0 Å². The van der Waals surface area contributed by atoms with Gasteiger partial charge in [-0.1, -0.05) is 41.9 Å². The molecule has 2 aromatic heterocycles. The van der Waals surface area contributed by atoms with Crippen LogP contribution in [0.5, 0.6) is 0 Å². The van der Waals surface area contributed by atoms with Crippen molar-refractivity contribution in [3.63, 3.8) is 0 Å². The minimum atomic E-state index is -0.998. The molecule has 1 aliphatic rings. The number of carbonyl (C=O) groups excluding carboxylic acids is 2. The number of nitrogens with zero attached hydrogens (tertiary/aromatic N) is 3. The van der Waals surface area contributed by atoms with Crippen molar-refractivity contribution in [1.82, 2.24) is 14.3 Å². The van der Waals surface area contributed by atoms with Gasteiger partial charge in [-0.25, -0.2) is 9.78 Å². The van der Waals surface area contributed by atoms with Crippen molar-refractivity contribution in [3.8, 4) is 0 Å². The van der Waals surface area contributed by atoms with Crippen molar-refractivity contribution in [2.45, 2.75) is 18.9 Å². The Morgan fingerprint density at radius 2 is 1.92 bits per heavy atom. The monoisotopic (exact) mass is 389 g/mol. The van der Waals surface area contributed by atoms with Crippen molar-refractivity contribution in [2.24, 2.45) is 0 Å². The Morgan fingerprint density at radius 3 is 2.65 bits per heavy atom. The Labute approximate surface area is 159 Å². The number of hydrogen-bond donors (Lipinski definition) is 0. The van der Waals surface area contributed by atoms with E-state index in [-0.39, 0.29) is 16.8 Å². The van der Waals surface area contributed by atoms with Crippen LogP contribution in [0.15, 0.2) is 41.9 Å². The van der Waals surface area contributed by atoms with Crippen molar-refractivity contribution < 1.29 is 14.3 Å². The topological polar surface area (TPSA) is 63.9 Å². The van der Waals surface area contributed by atoms with Gasteiger partial charge in [0.15, 0.2) is 15.8 Å². The molecule has 3 aromatic rings. The third-order valence-corrected chi connectivity index (χ3v) is 5.40. The van der Waals surface area contributed by atoms with Crippen LogP contribution >= 0.6 is 22.9 Å². The van der Waals surface area contributed by atoms with E-state index in [0.717, 1.165) is 12.8 Å². The highest BCUT2D eigenvalue weighted by atomic mass is 35.5. The molecule has 6 nitrogen and oxygen atoms in total. The van der Waals surface area contributed by atoms with Gasteiger partial charge >= 0.3 is 5.97 Å². The van der Waals surface area contributed by atoms with Crippen molar-refractivity contribution in [1.29, 1.82) is 0 Å². The van der Waals surface area contributed by atoms with Crippen LogP contribution in [0.3, 0.4) is 0 Å². The van der Waals surface area contributed by atoms with E-state index in [1.54, 1.807) is 33.0 Å². The molecule has 1 amide bonds. The molecule has 0 N–H and O–H groups in total. The number of esters is 1. The summed E-state index contributed by atoms with van der Waals surface area (Å²) in [6, 6.07) is 9.05. The van der Waals surface area contributed by atoms with E-state index in [9.17, 15) is 9.59 Å². The maximum Gasteiger partial charge on any atom is 0.359 e. The second-order valence-electron chi connectivity index (χ2n) is 6.04. The summed E-state index contributed by atoms with van der Waals surface area (Å²) in [6.07, 6.45) is 2.63. The Hall–Kier alpha value is -2.38. The molecule has 0 bridgehead atoms. The molecule has 1 aromatic carbocycles. The van der Waals surface area contributed by atoms with Gasteiger partial charge in [0.2, 0.25) is 6.10 Å². The fraction of sp³-hybridized carbons (Fsp3) is 0.278. The van der Waals surface area contributed by atoms with Crippen LogP contribution in [-0.4, -0.2) is 39.3 Å². The van der Waals surface area contributed by atoms with E-state index < -0.39 is 12.1 Å². The number of aromatic nitrogens is 2. The van der Waals surface area contributed by atoms with Crippen molar-refractivity contribution in [3.05, 3.63) is 58.3 Å². The van der Waals surface area contributed by atoms with Gasteiger partial charge in [-0.05, 0) is 12.8 Å². The number of fused-ring (bicyclic) bond motifs is 1. The fourth-order valence-corrected chi connectivity index (χ4v) is 4.11. The van der Waals surface area contributed by atoms with E-state index >= 15 is 0 Å². The van der Waals surface area contributed by atoms with Gasteiger partial charge in [0, 0.05) is 30.2 Å². The number of halogens is 1. The summed E-state index contributed by atoms with van der Waals surface area (Å²) >= 11 is 7.48. The molecule has 0 aliphatic carbocycles. The zero-order valence-corrected chi connectivity index (χ0v) is 15.4. The quantitative estimate of drug-likeness (QED) is 0.640. The summed E-state index contributed by atoms with van der Waals surface area (Å²) in [5.41, 5.74) is 0.776. The predicted molar refractivity (Wildman–Crippen MR) is 98.5 cm³/mol. The molecule has 1 aliphatic heterocycles. The van der Waals surface area contributed by atoms with Gasteiger partial charge in [0.25, 0.3) is 5.91 Å². The molecular weight excluding hydrogens is 374 g/mol. The minimum absolute atomic E-state index is 0.0716. The van der Waals surface area contributed by atoms with Gasteiger partial charge in [0.05, 0.1) is 0 Å². The Kier molecular flexibility index (Phi) is 4.65. The summed E-state index contributed by atoms with van der Waals surface area (Å²) < 4.78 is 7.22. The van der Waals surface area contributed by atoms with Crippen LogP contribution in [0.4, 0.5) is 0 Å². The lowest BCUT2D eigenvalue weighted by atomic mass is 10.1. The van der Waals surface area contributed by atoms with Crippen LogP contribution in [0.1, 0.15) is 35.0 Å². The third-order valence-electron chi connectivity index (χ3n) is 4.38. The first-order valence-electron chi connectivity index (χ1n) is 8.31. The number of likely N-dealkylation sites (tertiary alicyclic amines) is 1. The molecule has 3 heterocycles. The van der Waals surface area contributed by atoms with Gasteiger partial charge in [-0.3, -0.25) is 9.20 Å². The van der Waals surface area contributed by atoms with Crippen LogP contribution in [0.25, 0.3) is 4.96 Å². The van der Waals surface area contributed by atoms with E-state index in [1.807, 2.05) is 18.2 Å². The second-order valence-corrected chi connectivity index (χ2v) is 7.27. The molecule has 1 atom stereocenters. The first-order valence-corrected chi connectivity index (χ1v) is 9.56. The smallest absolute Gasteiger partial charge is 0.359 e. The van der Waals surface area contributed by atoms with Gasteiger partial charge in [-0.15, -0.1) is 11.3 Å². The maximum absolute atomic E-state index is 12.9. The first kappa shape index (κ1) is 17.1. The number of carbonyl (C=O) groups is 2. The number of hydrogen-bond acceptors (Lipinski definition) is 5. The average Bonchev–Trinajstić information content (AvgIpc) is 3.37. The lowest BCUT2D eigenvalue weighted by molar-refractivity contribution is -0.140. The summed E-state index contributed by atoms with van der Waals surface area (Å²) in [4.78, 5) is 32.2. The number of imidazole rings is 1. The second kappa shape index (κ2) is 7.09. The van der Waals surface area contributed by atoms with E-state index in [0.29, 0.717) is 23.6 Å². The normalized spacial score (nSPS) is 15.3. The number of rotatable bonds is 4. The molecule has 26 heavy (non-hydrogen) atoms. The van der Waals surface area contributed by atoms with Crippen molar-refractivity contribution >= 4 is 39.8 Å². The summed E-state index contributed by atoms with van der Waals surface area (Å²) in [5, 5.41) is 1.88. The zero-order valence-electron chi connectivity index (χ0n) is 13.8. The van der Waals surface area contributed by atoms with E-state index in [1.165, 1.54) is 11.3 Å². The molecule has 8 heteroatoms. The molecule has 134 valence electrons. The highest BCUT2D eigenvalue weighted by Gasteiger charge is 2.33. The first-order chi connectivity index (χ1) is 12.6. The molecule has 0 saturated carbocycles. The van der Waals surface area contributed by atoms with Gasteiger partial charge < -0.3 is 9.64 Å². The Balaban J connectivity index is 1.66. The van der Waals surface area contributed by atoms with Crippen LogP contribution < -0.4 is 0 Å². The van der Waals surface area contributed by atoms with Crippen LogP contribution in [-0.2, 0) is 9.53 Å². The summed E-state index contributed by atoms with van der Waals surface area (Å²) in [7, 11) is 0. The predicted octanol–water partition coefficient (Wildman–Crippen LogP) is 3.57. The fourth-order valence-electron chi connectivity index (χ4n) is 3.10. The number of benzene rings is 1. The lowest BCUT2D eigenvalue weighted by Gasteiger charge is -2.23. The molecule has 0 radical (unpaired) electrons. The molecule has 0 unspecified atom stereocenters. The number of amides is 1. The zero-order chi connectivity index (χ0) is 18.1. The van der Waals surface area contributed by atoms with Crippen molar-refractivity contribution in [2.75, 3.05) is 13.1 Å². The Morgan fingerprint density at radius 1 is 1.19 bits per heavy atom. The highest BCUT2D eigenvalue weighted by molar-refractivity contribution is 7.15. The molecule has 1 fully saturated rings. The molecule has 4 rings (SSSR count). The van der Waals surface area contributed by atoms with Crippen LogP contribution in [0, 0.1) is 0 Å². The van der Waals surface area contributed by atoms with E-state index in [4.69, 9.17) is 16.3 Å². The molecule has 1 saturated heterocycles. The van der Waals surface area contributed by atoms with Gasteiger partial charge in [-0.2, -0.15) is 0 Å². The summed E-state index contributed by atoms with van der Waals surface area (Å²) in [6.45, 7) is 1.36. The maximum atomic E-state index is 12.9. The van der Waals surface area contributed by atoms with Crippen LogP contribution in [0.2, 0.25) is 5.15 Å². The third kappa shape index (κ3) is 3.08. The SMILES string of the molecule is O=C(O[C@@H](C(=O)N1CCCC1)c1ccccc1)c1c(Cl)nc2sccn12. The average molecular weight is 390 g/mol. The van der Waals surface area contributed by atoms with E-state index in [2.05, 4.69) is 4.98 Å². The largest absolute Gasteiger partial charge is 0.443 e. The lowest BCUT2D eigenvalue weighted by Crippen LogP contribution is -2.35. The highest BCUT2D eigenvalue weighted by Crippen LogP contribution is 2.27. The number of thiazole rings is 1. The molecule has 0 spiro atoms. The minimum Gasteiger partial charge on any atom is -0.443 e. The Bertz CT molecular complexity index is 947. The summed E-state index contributed by atoms with van der Waals surface area (Å²) in [5.74, 6) is -0.869. The molecular formula is C18H16ClN3O3S. The standard InChI is InChI=1S/C18H16ClN3O3S/c19-15-13(22-10-11-26-18(22)20-15)17(24)25-14(12-6-2-1-3-7-12)16(23)21-8-4-5-9-21/h1-3,6-7,10-11,14H,4-5,8-9H2/t14-/m1/s1.